The molecule has 0 radical (unpaired) electrons. The van der Waals surface area contributed by atoms with Gasteiger partial charge in [0, 0.05) is 13.6 Å². The molecule has 4 heteroatoms. The van der Waals surface area contributed by atoms with Gasteiger partial charge in [-0.3, -0.25) is 9.13 Å². The Hall–Kier alpha value is -2.02. The van der Waals surface area contributed by atoms with Gasteiger partial charge in [-0.1, -0.05) is 12.1 Å². The normalized spacial score (nSPS) is 10.4. The number of nitrogens with zero attached hydrogens (tertiary/aromatic N) is 3. The summed E-state index contributed by atoms with van der Waals surface area (Å²) in [6.45, 7) is 0.455. The van der Waals surface area contributed by atoms with E-state index in [2.05, 4.69) is 0 Å². The van der Waals surface area contributed by atoms with Crippen molar-refractivity contribution < 1.29 is 0 Å². The Kier molecular flexibility index (Phi) is 2.30. The maximum atomic E-state index is 11.8. The van der Waals surface area contributed by atoms with Crippen molar-refractivity contribution >= 4 is 11.0 Å². The van der Waals surface area contributed by atoms with Crippen LogP contribution < -0.4 is 5.69 Å². The zero-order valence-corrected chi connectivity index (χ0v) is 8.47. The number of para-hydroxylation sites is 2. The molecule has 0 fully saturated rings. The van der Waals surface area contributed by atoms with Crippen molar-refractivity contribution in [2.75, 3.05) is 0 Å². The zero-order chi connectivity index (χ0) is 10.8. The van der Waals surface area contributed by atoms with Crippen molar-refractivity contribution in [3.05, 3.63) is 34.7 Å². The van der Waals surface area contributed by atoms with Crippen molar-refractivity contribution in [3.8, 4) is 6.07 Å². The van der Waals surface area contributed by atoms with Crippen LogP contribution >= 0.6 is 0 Å². The van der Waals surface area contributed by atoms with Crippen LogP contribution in [0.5, 0.6) is 0 Å². The first-order chi connectivity index (χ1) is 7.25. The van der Waals surface area contributed by atoms with Crippen molar-refractivity contribution in [2.45, 2.75) is 13.0 Å². The highest BCUT2D eigenvalue weighted by Gasteiger charge is 2.08. The van der Waals surface area contributed by atoms with Gasteiger partial charge < -0.3 is 0 Å². The average molecular weight is 201 g/mol. The molecule has 76 valence electrons. The highest BCUT2D eigenvalue weighted by molar-refractivity contribution is 5.75. The zero-order valence-electron chi connectivity index (χ0n) is 8.47. The molecule has 0 bridgehead atoms. The van der Waals surface area contributed by atoms with E-state index in [0.29, 0.717) is 13.0 Å². The largest absolute Gasteiger partial charge is 0.328 e. The van der Waals surface area contributed by atoms with Gasteiger partial charge in [0.25, 0.3) is 0 Å². The first kappa shape index (κ1) is 9.53. The Bertz CT molecular complexity index is 586. The summed E-state index contributed by atoms with van der Waals surface area (Å²) in [6.07, 6.45) is 0.355. The van der Waals surface area contributed by atoms with E-state index in [1.165, 1.54) is 0 Å². The fraction of sp³-hybridized carbons (Fsp3) is 0.273. The molecule has 2 rings (SSSR count). The Morgan fingerprint density at radius 1 is 1.33 bits per heavy atom. The van der Waals surface area contributed by atoms with Crippen LogP contribution in [0.4, 0.5) is 0 Å². The standard InChI is InChI=1S/C11H11N3O/c1-13-9-5-2-3-6-10(9)14(11(13)15)8-4-7-12/h2-3,5-6H,4,8H2,1H3. The molecule has 4 nitrogen and oxygen atoms in total. The summed E-state index contributed by atoms with van der Waals surface area (Å²) >= 11 is 0. The summed E-state index contributed by atoms with van der Waals surface area (Å²) in [4.78, 5) is 11.8. The van der Waals surface area contributed by atoms with Gasteiger partial charge in [0.15, 0.2) is 0 Å². The summed E-state index contributed by atoms with van der Waals surface area (Å²) in [5.41, 5.74) is 1.73. The molecule has 15 heavy (non-hydrogen) atoms. The number of aromatic nitrogens is 2. The smallest absolute Gasteiger partial charge is 0.295 e. The summed E-state index contributed by atoms with van der Waals surface area (Å²) in [6, 6.07) is 9.64. The summed E-state index contributed by atoms with van der Waals surface area (Å²) in [5, 5.41) is 8.53. The maximum Gasteiger partial charge on any atom is 0.328 e. The Labute approximate surface area is 87.0 Å². The minimum absolute atomic E-state index is 0.0635. The van der Waals surface area contributed by atoms with Gasteiger partial charge in [-0.2, -0.15) is 5.26 Å². The Morgan fingerprint density at radius 3 is 2.67 bits per heavy atom. The molecule has 0 aliphatic heterocycles. The highest BCUT2D eigenvalue weighted by atomic mass is 16.1. The summed E-state index contributed by atoms with van der Waals surface area (Å²) in [7, 11) is 1.74. The second kappa shape index (κ2) is 3.62. The van der Waals surface area contributed by atoms with Crippen molar-refractivity contribution in [1.82, 2.24) is 9.13 Å². The molecular weight excluding hydrogens is 190 g/mol. The number of rotatable bonds is 2. The molecule has 0 aliphatic carbocycles. The lowest BCUT2D eigenvalue weighted by atomic mass is 10.3. The number of hydrogen-bond acceptors (Lipinski definition) is 2. The topological polar surface area (TPSA) is 50.7 Å². The van der Waals surface area contributed by atoms with E-state index in [1.807, 2.05) is 30.3 Å². The maximum absolute atomic E-state index is 11.8. The molecule has 0 N–H and O–H groups in total. The van der Waals surface area contributed by atoms with E-state index < -0.39 is 0 Å². The first-order valence-electron chi connectivity index (χ1n) is 4.77. The van der Waals surface area contributed by atoms with E-state index in [-0.39, 0.29) is 5.69 Å². The van der Waals surface area contributed by atoms with Crippen LogP contribution in [0.2, 0.25) is 0 Å². The van der Waals surface area contributed by atoms with Crippen molar-refractivity contribution in [1.29, 1.82) is 5.26 Å². The van der Waals surface area contributed by atoms with Gasteiger partial charge in [-0.25, -0.2) is 4.79 Å². The molecule has 0 amide bonds. The molecule has 0 atom stereocenters. The molecule has 0 spiro atoms. The van der Waals surface area contributed by atoms with Gasteiger partial charge >= 0.3 is 5.69 Å². The molecule has 0 unspecified atom stereocenters. The van der Waals surface area contributed by atoms with Crippen LogP contribution in [0.15, 0.2) is 29.1 Å². The van der Waals surface area contributed by atoms with Crippen LogP contribution in [0.1, 0.15) is 6.42 Å². The number of aryl methyl sites for hydroxylation is 2. The number of fused-ring (bicyclic) bond motifs is 1. The van der Waals surface area contributed by atoms with Crippen LogP contribution in [0.25, 0.3) is 11.0 Å². The van der Waals surface area contributed by atoms with Crippen molar-refractivity contribution in [2.24, 2.45) is 7.05 Å². The lowest BCUT2D eigenvalue weighted by Crippen LogP contribution is -2.22. The molecule has 0 aliphatic rings. The van der Waals surface area contributed by atoms with Crippen LogP contribution in [-0.2, 0) is 13.6 Å². The van der Waals surface area contributed by atoms with E-state index in [0.717, 1.165) is 11.0 Å². The molecule has 1 aromatic heterocycles. The first-order valence-corrected chi connectivity index (χ1v) is 4.77. The van der Waals surface area contributed by atoms with Gasteiger partial charge in [-0.05, 0) is 12.1 Å². The summed E-state index contributed by atoms with van der Waals surface area (Å²) in [5.74, 6) is 0. The lowest BCUT2D eigenvalue weighted by molar-refractivity contribution is 0.680. The predicted molar refractivity (Wildman–Crippen MR) is 57.4 cm³/mol. The Morgan fingerprint density at radius 2 is 2.00 bits per heavy atom. The van der Waals surface area contributed by atoms with Crippen LogP contribution in [-0.4, -0.2) is 9.13 Å². The molecular formula is C11H11N3O. The molecule has 0 saturated heterocycles. The van der Waals surface area contributed by atoms with Gasteiger partial charge in [-0.15, -0.1) is 0 Å². The van der Waals surface area contributed by atoms with E-state index >= 15 is 0 Å². The lowest BCUT2D eigenvalue weighted by Gasteiger charge is -1.97. The Balaban J connectivity index is 2.68. The third-order valence-corrected chi connectivity index (χ3v) is 2.50. The average Bonchev–Trinajstić information content (AvgIpc) is 2.51. The fourth-order valence-electron chi connectivity index (χ4n) is 1.74. The second-order valence-electron chi connectivity index (χ2n) is 3.39. The SMILES string of the molecule is Cn1c(=O)n(CCC#N)c2ccccc21. The number of benzene rings is 1. The molecule has 2 aromatic rings. The van der Waals surface area contributed by atoms with Crippen LogP contribution in [0, 0.1) is 11.3 Å². The minimum Gasteiger partial charge on any atom is -0.295 e. The fourth-order valence-corrected chi connectivity index (χ4v) is 1.74. The van der Waals surface area contributed by atoms with Gasteiger partial charge in [0.1, 0.15) is 0 Å². The minimum atomic E-state index is -0.0635. The quantitative estimate of drug-likeness (QED) is 0.734. The van der Waals surface area contributed by atoms with E-state index in [4.69, 9.17) is 5.26 Å². The molecule has 1 heterocycles. The number of imidazole rings is 1. The predicted octanol–water partition coefficient (Wildman–Crippen LogP) is 1.25. The van der Waals surface area contributed by atoms with E-state index in [1.54, 1.807) is 16.2 Å². The summed E-state index contributed by atoms with van der Waals surface area (Å²) < 4.78 is 3.24. The number of nitriles is 1. The van der Waals surface area contributed by atoms with Crippen molar-refractivity contribution in [3.63, 3.8) is 0 Å². The third-order valence-electron chi connectivity index (χ3n) is 2.50. The molecule has 1 aromatic carbocycles. The third kappa shape index (κ3) is 1.42. The van der Waals surface area contributed by atoms with E-state index in [9.17, 15) is 4.79 Å². The second-order valence-corrected chi connectivity index (χ2v) is 3.39. The molecule has 0 saturated carbocycles. The number of hydrogen-bond donors (Lipinski definition) is 0. The van der Waals surface area contributed by atoms with Crippen LogP contribution in [0.3, 0.4) is 0 Å². The highest BCUT2D eigenvalue weighted by Crippen LogP contribution is 2.11. The van der Waals surface area contributed by atoms with Gasteiger partial charge in [0.05, 0.1) is 23.5 Å². The van der Waals surface area contributed by atoms with Gasteiger partial charge in [0.2, 0.25) is 0 Å². The monoisotopic (exact) mass is 201 g/mol.